The Bertz CT molecular complexity index is 1180. The Morgan fingerprint density at radius 1 is 1.00 bits per heavy atom. The van der Waals surface area contributed by atoms with Crippen molar-refractivity contribution in [2.75, 3.05) is 26.3 Å². The number of esters is 1. The molecule has 2 unspecified atom stereocenters. The van der Waals surface area contributed by atoms with E-state index in [9.17, 15) is 34.5 Å². The van der Waals surface area contributed by atoms with Gasteiger partial charge in [0.05, 0.1) is 19.6 Å². The van der Waals surface area contributed by atoms with Gasteiger partial charge in [-0.2, -0.15) is 0 Å². The number of aromatic hydroxyl groups is 2. The lowest BCUT2D eigenvalue weighted by Crippen LogP contribution is -2.54. The van der Waals surface area contributed by atoms with Crippen LogP contribution in [-0.2, 0) is 30.3 Å². The lowest BCUT2D eigenvalue weighted by molar-refractivity contribution is -0.144. The molecule has 2 aromatic rings. The van der Waals surface area contributed by atoms with Crippen LogP contribution in [0.25, 0.3) is 0 Å². The van der Waals surface area contributed by atoms with E-state index in [1.165, 1.54) is 36.4 Å². The molecule has 2 rings (SSSR count). The molecular weight excluding hydrogens is 534 g/mol. The molecule has 12 nitrogen and oxygen atoms in total. The van der Waals surface area contributed by atoms with E-state index in [-0.39, 0.29) is 49.6 Å². The van der Waals surface area contributed by atoms with Gasteiger partial charge in [0.2, 0.25) is 11.8 Å². The summed E-state index contributed by atoms with van der Waals surface area (Å²) in [7, 11) is 0. The van der Waals surface area contributed by atoms with Crippen LogP contribution in [0.3, 0.4) is 0 Å². The summed E-state index contributed by atoms with van der Waals surface area (Å²) in [6.07, 6.45) is -1.01. The van der Waals surface area contributed by atoms with Crippen molar-refractivity contribution < 1.29 is 44.0 Å². The number of phenolic OH excluding ortho intramolecular Hbond substituents is 2. The number of aliphatic hydroxyl groups is 1. The minimum atomic E-state index is -1.34. The molecule has 0 fully saturated rings. The minimum Gasteiger partial charge on any atom is -0.508 e. The number of rotatable bonds is 13. The smallest absolute Gasteiger partial charge is 0.408 e. The van der Waals surface area contributed by atoms with Crippen LogP contribution >= 0.6 is 0 Å². The number of amides is 3. The van der Waals surface area contributed by atoms with E-state index in [2.05, 4.69) is 10.6 Å². The molecular formula is C29H39N3O9. The average molecular weight is 574 g/mol. The molecule has 0 heterocycles. The van der Waals surface area contributed by atoms with E-state index in [0.717, 1.165) is 4.90 Å². The summed E-state index contributed by atoms with van der Waals surface area (Å²) in [5.74, 6) is -2.05. The number of phenols is 2. The zero-order valence-corrected chi connectivity index (χ0v) is 23.8. The van der Waals surface area contributed by atoms with E-state index in [1.54, 1.807) is 39.8 Å². The second-order valence-corrected chi connectivity index (χ2v) is 10.2. The second kappa shape index (κ2) is 15.5. The van der Waals surface area contributed by atoms with Gasteiger partial charge in [0, 0.05) is 19.5 Å². The lowest BCUT2D eigenvalue weighted by atomic mass is 10.00. The number of nitrogens with one attached hydrogen (secondary N) is 2. The summed E-state index contributed by atoms with van der Waals surface area (Å²) < 4.78 is 10.2. The first-order valence-electron chi connectivity index (χ1n) is 13.3. The minimum absolute atomic E-state index is 0.0158. The van der Waals surface area contributed by atoms with Crippen LogP contribution in [-0.4, -0.2) is 82.0 Å². The topological polar surface area (TPSA) is 175 Å². The fourth-order valence-electron chi connectivity index (χ4n) is 3.98. The van der Waals surface area contributed by atoms with Gasteiger partial charge in [-0.05, 0) is 63.1 Å². The molecule has 0 aromatic heterocycles. The van der Waals surface area contributed by atoms with Crippen molar-refractivity contribution >= 4 is 23.9 Å². The van der Waals surface area contributed by atoms with Crippen LogP contribution < -0.4 is 10.6 Å². The zero-order valence-electron chi connectivity index (χ0n) is 23.8. The van der Waals surface area contributed by atoms with Gasteiger partial charge < -0.3 is 40.3 Å². The van der Waals surface area contributed by atoms with Gasteiger partial charge in [-0.25, -0.2) is 4.79 Å². The highest BCUT2D eigenvalue weighted by molar-refractivity contribution is 5.92. The van der Waals surface area contributed by atoms with Crippen LogP contribution in [0.2, 0.25) is 0 Å². The third-order valence-corrected chi connectivity index (χ3v) is 5.67. The molecule has 0 aliphatic rings. The Kier molecular flexibility index (Phi) is 12.4. The van der Waals surface area contributed by atoms with E-state index in [0.29, 0.717) is 5.56 Å². The van der Waals surface area contributed by atoms with Crippen molar-refractivity contribution in [1.29, 1.82) is 0 Å². The average Bonchev–Trinajstić information content (AvgIpc) is 2.88. The van der Waals surface area contributed by atoms with Gasteiger partial charge >= 0.3 is 12.1 Å². The Labute approximate surface area is 239 Å². The van der Waals surface area contributed by atoms with E-state index < -0.39 is 48.2 Å². The first kappa shape index (κ1) is 32.9. The van der Waals surface area contributed by atoms with Gasteiger partial charge in [-0.15, -0.1) is 0 Å². The fraction of sp³-hybridized carbons (Fsp3) is 0.448. The molecule has 224 valence electrons. The first-order valence-corrected chi connectivity index (χ1v) is 13.3. The lowest BCUT2D eigenvalue weighted by Gasteiger charge is -2.34. The van der Waals surface area contributed by atoms with Crippen molar-refractivity contribution in [2.24, 2.45) is 0 Å². The van der Waals surface area contributed by atoms with Gasteiger partial charge in [0.25, 0.3) is 0 Å². The highest BCUT2D eigenvalue weighted by atomic mass is 16.6. The highest BCUT2D eigenvalue weighted by Gasteiger charge is 2.36. The number of hydrogen-bond donors (Lipinski definition) is 5. The molecule has 0 aliphatic heterocycles. The highest BCUT2D eigenvalue weighted by Crippen LogP contribution is 2.26. The standard InChI is InChI=1S/C29H39N3O9/c1-5-40-24(36)13-14-30-26(37)25(20-7-6-8-22(35)18-20)32(15-16-33)27(38)23(31-28(39)41-29(2,3)4)17-19-9-11-21(34)12-10-19/h6-12,18,23,25,33-35H,5,13-17H2,1-4H3,(H,30,37)(H,31,39). The van der Waals surface area contributed by atoms with E-state index in [1.807, 2.05) is 0 Å². The number of nitrogens with zero attached hydrogens (tertiary/aromatic N) is 1. The molecule has 12 heteroatoms. The Hall–Kier alpha value is -4.32. The molecule has 3 amide bonds. The summed E-state index contributed by atoms with van der Waals surface area (Å²) in [6.45, 7) is 5.94. The molecule has 41 heavy (non-hydrogen) atoms. The van der Waals surface area contributed by atoms with Gasteiger partial charge in [-0.3, -0.25) is 14.4 Å². The maximum absolute atomic E-state index is 14.1. The van der Waals surface area contributed by atoms with E-state index >= 15 is 0 Å². The molecule has 0 radical (unpaired) electrons. The summed E-state index contributed by atoms with van der Waals surface area (Å²) >= 11 is 0. The molecule has 0 saturated heterocycles. The van der Waals surface area contributed by atoms with Gasteiger partial charge in [0.1, 0.15) is 29.2 Å². The maximum Gasteiger partial charge on any atom is 0.408 e. The summed E-state index contributed by atoms with van der Waals surface area (Å²) in [5.41, 5.74) is -0.0285. The number of benzene rings is 2. The fourth-order valence-corrected chi connectivity index (χ4v) is 3.98. The summed E-state index contributed by atoms with van der Waals surface area (Å²) in [6, 6.07) is 9.18. The number of carbonyl (C=O) groups is 4. The maximum atomic E-state index is 14.1. The van der Waals surface area contributed by atoms with Crippen LogP contribution in [0.15, 0.2) is 48.5 Å². The largest absolute Gasteiger partial charge is 0.508 e. The molecule has 0 bridgehead atoms. The van der Waals surface area contributed by atoms with Crippen LogP contribution in [0.4, 0.5) is 4.79 Å². The zero-order chi connectivity index (χ0) is 30.6. The van der Waals surface area contributed by atoms with Gasteiger partial charge in [-0.1, -0.05) is 24.3 Å². The van der Waals surface area contributed by atoms with Crippen molar-refractivity contribution in [3.8, 4) is 11.5 Å². The van der Waals surface area contributed by atoms with Crippen molar-refractivity contribution in [1.82, 2.24) is 15.5 Å². The van der Waals surface area contributed by atoms with Crippen LogP contribution in [0.1, 0.15) is 51.3 Å². The van der Waals surface area contributed by atoms with Crippen LogP contribution in [0.5, 0.6) is 11.5 Å². The van der Waals surface area contributed by atoms with Gasteiger partial charge in [0.15, 0.2) is 0 Å². The second-order valence-electron chi connectivity index (χ2n) is 10.2. The molecule has 0 spiro atoms. The van der Waals surface area contributed by atoms with E-state index in [4.69, 9.17) is 9.47 Å². The quantitative estimate of drug-likeness (QED) is 0.225. The normalized spacial score (nSPS) is 12.5. The monoisotopic (exact) mass is 573 g/mol. The number of ether oxygens (including phenoxy) is 2. The first-order chi connectivity index (χ1) is 19.3. The third kappa shape index (κ3) is 11.0. The molecule has 2 atom stereocenters. The number of alkyl carbamates (subject to hydrolysis) is 1. The predicted octanol–water partition coefficient (Wildman–Crippen LogP) is 2.17. The Morgan fingerprint density at radius 3 is 2.27 bits per heavy atom. The Morgan fingerprint density at radius 2 is 1.68 bits per heavy atom. The Balaban J connectivity index is 2.46. The number of hydrogen-bond acceptors (Lipinski definition) is 9. The molecule has 5 N–H and O–H groups in total. The SMILES string of the molecule is CCOC(=O)CCNC(=O)C(c1cccc(O)c1)N(CCO)C(=O)C(Cc1ccc(O)cc1)NC(=O)OC(C)(C)C. The number of aliphatic hydroxyl groups excluding tert-OH is 1. The third-order valence-electron chi connectivity index (χ3n) is 5.67. The van der Waals surface area contributed by atoms with Crippen molar-refractivity contribution in [3.05, 3.63) is 59.7 Å². The van der Waals surface area contributed by atoms with Crippen LogP contribution in [0, 0.1) is 0 Å². The number of carbonyl (C=O) groups excluding carboxylic acids is 4. The predicted molar refractivity (Wildman–Crippen MR) is 149 cm³/mol. The van der Waals surface area contributed by atoms with Crippen molar-refractivity contribution in [2.45, 2.75) is 58.2 Å². The molecule has 2 aromatic carbocycles. The molecule has 0 aliphatic carbocycles. The van der Waals surface area contributed by atoms with Crippen molar-refractivity contribution in [3.63, 3.8) is 0 Å². The summed E-state index contributed by atoms with van der Waals surface area (Å²) in [4.78, 5) is 53.1. The summed E-state index contributed by atoms with van der Waals surface area (Å²) in [5, 5.41) is 34.8. The molecule has 0 saturated carbocycles.